The van der Waals surface area contributed by atoms with Crippen LogP contribution in [0.1, 0.15) is 32.6 Å². The quantitative estimate of drug-likeness (QED) is 0.762. The molecule has 0 aromatic carbocycles. The van der Waals surface area contributed by atoms with Gasteiger partial charge in [0.1, 0.15) is 6.04 Å². The molecule has 0 aromatic rings. The lowest BCUT2D eigenvalue weighted by Crippen LogP contribution is -2.55. The van der Waals surface area contributed by atoms with Gasteiger partial charge in [-0.1, -0.05) is 6.92 Å². The van der Waals surface area contributed by atoms with Crippen molar-refractivity contribution in [2.45, 2.75) is 50.8 Å². The number of aliphatic carboxylic acids is 1. The van der Waals surface area contributed by atoms with E-state index in [2.05, 4.69) is 4.90 Å². The highest BCUT2D eigenvalue weighted by atomic mass is 16.5. The van der Waals surface area contributed by atoms with Crippen molar-refractivity contribution in [2.24, 2.45) is 0 Å². The Morgan fingerprint density at radius 1 is 1.60 bits per heavy atom. The van der Waals surface area contributed by atoms with Crippen molar-refractivity contribution >= 4 is 5.97 Å². The third-order valence-corrected chi connectivity index (χ3v) is 3.60. The summed E-state index contributed by atoms with van der Waals surface area (Å²) in [5.74, 6) is -0.690. The number of carboxylic acids is 1. The number of hydrogen-bond donors (Lipinski definition) is 1. The molecule has 4 heteroatoms. The van der Waals surface area contributed by atoms with Crippen LogP contribution in [0.15, 0.2) is 0 Å². The van der Waals surface area contributed by atoms with E-state index in [4.69, 9.17) is 9.84 Å². The molecule has 0 aromatic heterocycles. The topological polar surface area (TPSA) is 49.8 Å². The van der Waals surface area contributed by atoms with Crippen LogP contribution in [-0.2, 0) is 9.53 Å². The number of nitrogens with zero attached hydrogens (tertiary/aromatic N) is 1. The molecule has 1 saturated heterocycles. The van der Waals surface area contributed by atoms with E-state index in [0.29, 0.717) is 19.1 Å². The first-order valence-electron chi connectivity index (χ1n) is 5.84. The fraction of sp³-hybridized carbons (Fsp3) is 0.909. The van der Waals surface area contributed by atoms with Crippen LogP contribution in [0.4, 0.5) is 0 Å². The molecule has 1 N–H and O–H groups in total. The van der Waals surface area contributed by atoms with Crippen molar-refractivity contribution in [3.8, 4) is 0 Å². The second-order valence-corrected chi connectivity index (χ2v) is 4.41. The molecule has 1 aliphatic heterocycles. The molecule has 3 atom stereocenters. The van der Waals surface area contributed by atoms with Crippen LogP contribution < -0.4 is 0 Å². The molecule has 3 unspecified atom stereocenters. The Labute approximate surface area is 90.2 Å². The Balaban J connectivity index is 2.09. The van der Waals surface area contributed by atoms with Crippen molar-refractivity contribution in [1.29, 1.82) is 0 Å². The molecular formula is C11H19NO3. The van der Waals surface area contributed by atoms with Crippen LogP contribution in [0.5, 0.6) is 0 Å². The molecule has 2 rings (SSSR count). The van der Waals surface area contributed by atoms with Gasteiger partial charge in [0.05, 0.1) is 12.7 Å². The van der Waals surface area contributed by atoms with Gasteiger partial charge < -0.3 is 9.84 Å². The molecule has 86 valence electrons. The van der Waals surface area contributed by atoms with E-state index in [1.807, 2.05) is 6.92 Å². The highest BCUT2D eigenvalue weighted by Gasteiger charge is 2.40. The van der Waals surface area contributed by atoms with E-state index in [-0.39, 0.29) is 12.1 Å². The summed E-state index contributed by atoms with van der Waals surface area (Å²) in [6.07, 6.45) is 4.32. The molecule has 4 nitrogen and oxygen atoms in total. The molecule has 1 heterocycles. The SMILES string of the molecule is CCC(C(=O)O)N1CCOC2CCCC21. The lowest BCUT2D eigenvalue weighted by Gasteiger charge is -2.40. The number of morpholine rings is 1. The average Bonchev–Trinajstić information content (AvgIpc) is 2.66. The monoisotopic (exact) mass is 213 g/mol. The summed E-state index contributed by atoms with van der Waals surface area (Å²) in [5.41, 5.74) is 0. The van der Waals surface area contributed by atoms with Gasteiger partial charge in [-0.25, -0.2) is 0 Å². The summed E-state index contributed by atoms with van der Waals surface area (Å²) in [5, 5.41) is 9.16. The maximum Gasteiger partial charge on any atom is 0.320 e. The van der Waals surface area contributed by atoms with Gasteiger partial charge in [0.15, 0.2) is 0 Å². The van der Waals surface area contributed by atoms with E-state index >= 15 is 0 Å². The summed E-state index contributed by atoms with van der Waals surface area (Å²) >= 11 is 0. The van der Waals surface area contributed by atoms with E-state index in [1.54, 1.807) is 0 Å². The highest BCUT2D eigenvalue weighted by molar-refractivity contribution is 5.73. The molecule has 1 saturated carbocycles. The minimum absolute atomic E-state index is 0.284. The molecular weight excluding hydrogens is 194 g/mol. The Kier molecular flexibility index (Phi) is 3.26. The number of fused-ring (bicyclic) bond motifs is 1. The van der Waals surface area contributed by atoms with Crippen LogP contribution in [0, 0.1) is 0 Å². The van der Waals surface area contributed by atoms with Crippen LogP contribution in [0.25, 0.3) is 0 Å². The van der Waals surface area contributed by atoms with Gasteiger partial charge in [-0.15, -0.1) is 0 Å². The van der Waals surface area contributed by atoms with E-state index in [9.17, 15) is 4.79 Å². The predicted octanol–water partition coefficient (Wildman–Crippen LogP) is 1.10. The zero-order chi connectivity index (χ0) is 10.8. The number of hydrogen-bond acceptors (Lipinski definition) is 3. The fourth-order valence-corrected chi connectivity index (χ4v) is 2.89. The maximum atomic E-state index is 11.1. The van der Waals surface area contributed by atoms with Crippen LogP contribution in [0.3, 0.4) is 0 Å². The zero-order valence-electron chi connectivity index (χ0n) is 9.19. The molecule has 0 amide bonds. The molecule has 0 radical (unpaired) electrons. The van der Waals surface area contributed by atoms with Gasteiger partial charge in [-0.3, -0.25) is 9.69 Å². The number of ether oxygens (including phenoxy) is 1. The fourth-order valence-electron chi connectivity index (χ4n) is 2.89. The van der Waals surface area contributed by atoms with Gasteiger partial charge >= 0.3 is 5.97 Å². The lowest BCUT2D eigenvalue weighted by molar-refractivity contribution is -0.149. The normalized spacial score (nSPS) is 33.7. The van der Waals surface area contributed by atoms with Crippen molar-refractivity contribution in [2.75, 3.05) is 13.2 Å². The van der Waals surface area contributed by atoms with Gasteiger partial charge in [0.2, 0.25) is 0 Å². The predicted molar refractivity (Wildman–Crippen MR) is 55.8 cm³/mol. The van der Waals surface area contributed by atoms with Gasteiger partial charge in [-0.2, -0.15) is 0 Å². The summed E-state index contributed by atoms with van der Waals surface area (Å²) in [7, 11) is 0. The lowest BCUT2D eigenvalue weighted by atomic mass is 10.1. The first-order chi connectivity index (χ1) is 7.24. The third kappa shape index (κ3) is 2.01. The Hall–Kier alpha value is -0.610. The second kappa shape index (κ2) is 4.49. The first kappa shape index (κ1) is 10.9. The van der Waals surface area contributed by atoms with Crippen LogP contribution in [0.2, 0.25) is 0 Å². The van der Waals surface area contributed by atoms with Crippen molar-refractivity contribution < 1.29 is 14.6 Å². The van der Waals surface area contributed by atoms with Gasteiger partial charge in [0.25, 0.3) is 0 Å². The summed E-state index contributed by atoms with van der Waals surface area (Å²) in [6, 6.07) is 0.0271. The largest absolute Gasteiger partial charge is 0.480 e. The molecule has 2 aliphatic rings. The van der Waals surface area contributed by atoms with Gasteiger partial charge in [-0.05, 0) is 25.7 Å². The van der Waals surface area contributed by atoms with Crippen molar-refractivity contribution in [3.63, 3.8) is 0 Å². The van der Waals surface area contributed by atoms with Crippen LogP contribution >= 0.6 is 0 Å². The van der Waals surface area contributed by atoms with Crippen molar-refractivity contribution in [1.82, 2.24) is 4.90 Å². The molecule has 0 bridgehead atoms. The molecule has 2 fully saturated rings. The first-order valence-corrected chi connectivity index (χ1v) is 5.84. The molecule has 0 spiro atoms. The Bertz CT molecular complexity index is 244. The highest BCUT2D eigenvalue weighted by Crippen LogP contribution is 2.31. The van der Waals surface area contributed by atoms with E-state index in [1.165, 1.54) is 6.42 Å². The standard InChI is InChI=1S/C11H19NO3/c1-2-8(11(13)14)12-6-7-15-10-5-3-4-9(10)12/h8-10H,2-7H2,1H3,(H,13,14). The minimum atomic E-state index is -0.690. The average molecular weight is 213 g/mol. The maximum absolute atomic E-state index is 11.1. The summed E-state index contributed by atoms with van der Waals surface area (Å²) < 4.78 is 5.67. The second-order valence-electron chi connectivity index (χ2n) is 4.41. The van der Waals surface area contributed by atoms with Crippen molar-refractivity contribution in [3.05, 3.63) is 0 Å². The van der Waals surface area contributed by atoms with E-state index in [0.717, 1.165) is 19.4 Å². The number of rotatable bonds is 3. The van der Waals surface area contributed by atoms with Crippen LogP contribution in [-0.4, -0.2) is 47.3 Å². The zero-order valence-corrected chi connectivity index (χ0v) is 9.19. The van der Waals surface area contributed by atoms with E-state index < -0.39 is 5.97 Å². The molecule has 15 heavy (non-hydrogen) atoms. The number of carbonyl (C=O) groups is 1. The third-order valence-electron chi connectivity index (χ3n) is 3.60. The minimum Gasteiger partial charge on any atom is -0.480 e. The molecule has 1 aliphatic carbocycles. The Morgan fingerprint density at radius 2 is 2.40 bits per heavy atom. The summed E-state index contributed by atoms with van der Waals surface area (Å²) in [6.45, 7) is 3.40. The smallest absolute Gasteiger partial charge is 0.320 e. The Morgan fingerprint density at radius 3 is 3.07 bits per heavy atom. The number of carboxylic acid groups (broad SMARTS) is 1. The summed E-state index contributed by atoms with van der Waals surface area (Å²) in [4.78, 5) is 13.3. The van der Waals surface area contributed by atoms with Gasteiger partial charge in [0, 0.05) is 12.6 Å².